The van der Waals surface area contributed by atoms with Crippen molar-refractivity contribution in [2.45, 2.75) is 32.0 Å². The second-order valence-electron chi connectivity index (χ2n) is 8.95. The van der Waals surface area contributed by atoms with E-state index in [-0.39, 0.29) is 13.2 Å². The molecule has 36 heavy (non-hydrogen) atoms. The maximum atomic E-state index is 11.2. The third-order valence-electron chi connectivity index (χ3n) is 6.10. The van der Waals surface area contributed by atoms with Gasteiger partial charge in [-0.15, -0.1) is 0 Å². The van der Waals surface area contributed by atoms with Crippen LogP contribution in [0.5, 0.6) is 17.2 Å². The molecule has 0 amide bonds. The number of aromatic nitrogens is 2. The third-order valence-corrected chi connectivity index (χ3v) is 6.36. The van der Waals surface area contributed by atoms with Crippen LogP contribution in [0.3, 0.4) is 0 Å². The van der Waals surface area contributed by atoms with Gasteiger partial charge < -0.3 is 28.6 Å². The molecule has 4 rings (SSSR count). The second kappa shape index (κ2) is 12.5. The van der Waals surface area contributed by atoms with Crippen molar-refractivity contribution in [3.63, 3.8) is 0 Å². The van der Waals surface area contributed by atoms with E-state index in [0.29, 0.717) is 61.7 Å². The summed E-state index contributed by atoms with van der Waals surface area (Å²) in [5, 5.41) is 11.9. The summed E-state index contributed by atoms with van der Waals surface area (Å²) in [6.07, 6.45) is 4.66. The largest absolute Gasteiger partial charge is 0.493 e. The normalized spacial score (nSPS) is 18.6. The Kier molecular flexibility index (Phi) is 9.09. The third kappa shape index (κ3) is 7.13. The van der Waals surface area contributed by atoms with Crippen LogP contribution >= 0.6 is 11.6 Å². The molecule has 0 saturated carbocycles. The number of imidazole rings is 1. The van der Waals surface area contributed by atoms with Gasteiger partial charge in [0, 0.05) is 43.5 Å². The van der Waals surface area contributed by atoms with E-state index in [1.165, 1.54) is 0 Å². The van der Waals surface area contributed by atoms with Gasteiger partial charge in [-0.3, -0.25) is 4.90 Å². The monoisotopic (exact) mass is 515 g/mol. The number of hydrogen-bond acceptors (Lipinski definition) is 7. The summed E-state index contributed by atoms with van der Waals surface area (Å²) in [4.78, 5) is 6.53. The van der Waals surface area contributed by atoms with Gasteiger partial charge in [-0.05, 0) is 42.0 Å². The first-order valence-corrected chi connectivity index (χ1v) is 12.6. The lowest BCUT2D eigenvalue weighted by Gasteiger charge is -2.30. The average molecular weight is 516 g/mol. The van der Waals surface area contributed by atoms with Crippen LogP contribution in [0.15, 0.2) is 54.9 Å². The number of benzene rings is 2. The molecule has 0 spiro atoms. The van der Waals surface area contributed by atoms with Crippen molar-refractivity contribution in [2.24, 2.45) is 0 Å². The Morgan fingerprint density at radius 1 is 1.14 bits per heavy atom. The van der Waals surface area contributed by atoms with E-state index in [0.717, 1.165) is 17.8 Å². The van der Waals surface area contributed by atoms with Crippen LogP contribution < -0.4 is 14.2 Å². The number of methoxy groups -OCH3 is 1. The molecule has 1 aromatic heterocycles. The summed E-state index contributed by atoms with van der Waals surface area (Å²) >= 11 is 5.95. The maximum Gasteiger partial charge on any atom is 0.161 e. The summed E-state index contributed by atoms with van der Waals surface area (Å²) < 4.78 is 25.3. The van der Waals surface area contributed by atoms with Gasteiger partial charge in [0.25, 0.3) is 0 Å². The van der Waals surface area contributed by atoms with Crippen LogP contribution in [-0.4, -0.2) is 71.8 Å². The Morgan fingerprint density at radius 3 is 2.75 bits per heavy atom. The molecule has 2 heterocycles. The molecule has 9 heteroatoms. The molecule has 1 atom stereocenters. The number of nitrogens with zero attached hydrogens (tertiary/aromatic N) is 3. The zero-order valence-corrected chi connectivity index (χ0v) is 21.6. The number of hydrogen-bond donors (Lipinski definition) is 1. The van der Waals surface area contributed by atoms with E-state index in [2.05, 4.69) is 21.4 Å². The number of ether oxygens (including phenoxy) is 4. The number of aryl methyl sites for hydroxylation is 1. The van der Waals surface area contributed by atoms with Gasteiger partial charge in [0.1, 0.15) is 30.4 Å². The second-order valence-corrected chi connectivity index (χ2v) is 9.39. The summed E-state index contributed by atoms with van der Waals surface area (Å²) in [5.41, 5.74) is -0.0745. The number of halogens is 1. The highest BCUT2D eigenvalue weighted by molar-refractivity contribution is 6.30. The molecule has 0 radical (unpaired) electrons. The van der Waals surface area contributed by atoms with Crippen LogP contribution in [0.4, 0.5) is 0 Å². The molecule has 2 aromatic carbocycles. The minimum Gasteiger partial charge on any atom is -0.493 e. The van der Waals surface area contributed by atoms with Gasteiger partial charge >= 0.3 is 0 Å². The first kappa shape index (κ1) is 26.3. The van der Waals surface area contributed by atoms with Crippen LogP contribution in [0.1, 0.15) is 18.3 Å². The SMILES string of the molecule is CCc1nccn1CCOc1cc(CN2CCOC[C@@](O)(COc3ccc(Cl)cc3)C2)ccc1OC. The molecule has 1 N–H and O–H groups in total. The highest BCUT2D eigenvalue weighted by atomic mass is 35.5. The molecule has 0 bridgehead atoms. The molecular weight excluding hydrogens is 482 g/mol. The number of rotatable bonds is 11. The fraction of sp³-hybridized carbons (Fsp3) is 0.444. The Hall–Kier alpha value is -2.78. The zero-order chi connectivity index (χ0) is 25.4. The molecule has 1 aliphatic rings. The van der Waals surface area contributed by atoms with Gasteiger partial charge in [0.2, 0.25) is 0 Å². The van der Waals surface area contributed by atoms with Gasteiger partial charge in [0.05, 0.1) is 26.9 Å². The van der Waals surface area contributed by atoms with Crippen molar-refractivity contribution >= 4 is 11.6 Å². The fourth-order valence-electron chi connectivity index (χ4n) is 4.27. The smallest absolute Gasteiger partial charge is 0.161 e. The summed E-state index contributed by atoms with van der Waals surface area (Å²) in [6.45, 7) is 5.92. The Bertz CT molecular complexity index is 1110. The number of aliphatic hydroxyl groups is 1. The average Bonchev–Trinajstić information content (AvgIpc) is 3.25. The van der Waals surface area contributed by atoms with Gasteiger partial charge in [-0.1, -0.05) is 24.6 Å². The Labute approximate surface area is 217 Å². The molecule has 0 aliphatic carbocycles. The van der Waals surface area contributed by atoms with Crippen molar-refractivity contribution in [3.8, 4) is 17.2 Å². The molecule has 194 valence electrons. The van der Waals surface area contributed by atoms with Crippen molar-refractivity contribution in [1.29, 1.82) is 0 Å². The highest BCUT2D eigenvalue weighted by Gasteiger charge is 2.33. The maximum absolute atomic E-state index is 11.2. The standard InChI is InChI=1S/C27H34ClN3O5/c1-3-26-29-10-11-31(26)13-15-35-25-16-21(4-9-24(25)33-2)17-30-12-14-34-19-27(32,18-30)20-36-23-7-5-22(28)6-8-23/h4-11,16,32H,3,12-15,17-20H2,1-2H3/t27-/m1/s1. The van der Waals surface area contributed by atoms with Gasteiger partial charge in [0.15, 0.2) is 11.5 Å². The predicted molar refractivity (Wildman–Crippen MR) is 138 cm³/mol. The minimum absolute atomic E-state index is 0.121. The summed E-state index contributed by atoms with van der Waals surface area (Å²) in [7, 11) is 1.64. The zero-order valence-electron chi connectivity index (χ0n) is 20.9. The first-order valence-electron chi connectivity index (χ1n) is 12.2. The summed E-state index contributed by atoms with van der Waals surface area (Å²) in [6, 6.07) is 13.0. The molecule has 1 saturated heterocycles. The number of β-amino-alcohol motifs (C(OH)–C–C–N with tert-alkyl or cyclic N) is 1. The lowest BCUT2D eigenvalue weighted by molar-refractivity contribution is -0.0646. The van der Waals surface area contributed by atoms with Crippen molar-refractivity contribution in [3.05, 3.63) is 71.3 Å². The van der Waals surface area contributed by atoms with E-state index in [1.807, 2.05) is 30.6 Å². The van der Waals surface area contributed by atoms with E-state index < -0.39 is 5.60 Å². The van der Waals surface area contributed by atoms with Crippen LogP contribution in [0.2, 0.25) is 5.02 Å². The minimum atomic E-state index is -1.14. The topological polar surface area (TPSA) is 78.2 Å². The Morgan fingerprint density at radius 2 is 1.97 bits per heavy atom. The Balaban J connectivity index is 1.37. The van der Waals surface area contributed by atoms with E-state index in [1.54, 1.807) is 31.4 Å². The fourth-order valence-corrected chi connectivity index (χ4v) is 4.40. The van der Waals surface area contributed by atoms with Crippen molar-refractivity contribution in [2.75, 3.05) is 46.6 Å². The lowest BCUT2D eigenvalue weighted by atomic mass is 10.1. The van der Waals surface area contributed by atoms with Gasteiger partial charge in [-0.25, -0.2) is 4.98 Å². The first-order chi connectivity index (χ1) is 17.5. The molecule has 3 aromatic rings. The van der Waals surface area contributed by atoms with Crippen molar-refractivity contribution < 1.29 is 24.1 Å². The quantitative estimate of drug-likeness (QED) is 0.416. The van der Waals surface area contributed by atoms with E-state index >= 15 is 0 Å². The highest BCUT2D eigenvalue weighted by Crippen LogP contribution is 2.29. The lowest BCUT2D eigenvalue weighted by Crippen LogP contribution is -2.48. The molecule has 8 nitrogen and oxygen atoms in total. The van der Waals surface area contributed by atoms with Crippen LogP contribution in [0, 0.1) is 0 Å². The van der Waals surface area contributed by atoms with Crippen molar-refractivity contribution in [1.82, 2.24) is 14.5 Å². The molecule has 1 fully saturated rings. The van der Waals surface area contributed by atoms with Crippen LogP contribution in [-0.2, 0) is 24.2 Å². The molecule has 0 unspecified atom stereocenters. The molecule has 1 aliphatic heterocycles. The van der Waals surface area contributed by atoms with Crippen LogP contribution in [0.25, 0.3) is 0 Å². The van der Waals surface area contributed by atoms with E-state index in [4.69, 9.17) is 30.5 Å². The van der Waals surface area contributed by atoms with E-state index in [9.17, 15) is 5.11 Å². The molecular formula is C27H34ClN3O5. The van der Waals surface area contributed by atoms with Gasteiger partial charge in [-0.2, -0.15) is 0 Å². The predicted octanol–water partition coefficient (Wildman–Crippen LogP) is 3.83. The summed E-state index contributed by atoms with van der Waals surface area (Å²) in [5.74, 6) is 3.07.